The zero-order valence-corrected chi connectivity index (χ0v) is 14.1. The van der Waals surface area contributed by atoms with Crippen molar-refractivity contribution in [2.75, 3.05) is 30.3 Å². The van der Waals surface area contributed by atoms with Gasteiger partial charge in [0, 0.05) is 13.0 Å². The smallest absolute Gasteiger partial charge is 0.232 e. The van der Waals surface area contributed by atoms with Gasteiger partial charge in [0.25, 0.3) is 0 Å². The number of carbonyl (C=O) groups is 1. The largest absolute Gasteiger partial charge is 0.492 e. The van der Waals surface area contributed by atoms with Crippen molar-refractivity contribution < 1.29 is 17.9 Å². The van der Waals surface area contributed by atoms with Gasteiger partial charge in [-0.15, -0.1) is 0 Å². The topological polar surface area (TPSA) is 75.7 Å². The van der Waals surface area contributed by atoms with Crippen molar-refractivity contribution in [1.29, 1.82) is 0 Å². The molecule has 0 aromatic heterocycles. The third-order valence-corrected chi connectivity index (χ3v) is 4.13. The van der Waals surface area contributed by atoms with Gasteiger partial charge in [0.15, 0.2) is 0 Å². The molecule has 0 radical (unpaired) electrons. The van der Waals surface area contributed by atoms with Crippen LogP contribution in [0, 0.1) is 0 Å². The number of hydrogen-bond donors (Lipinski definition) is 1. The molecule has 7 heteroatoms. The van der Waals surface area contributed by atoms with Crippen LogP contribution in [0.15, 0.2) is 24.3 Å². The predicted molar refractivity (Wildman–Crippen MR) is 87.7 cm³/mol. The van der Waals surface area contributed by atoms with Gasteiger partial charge in [-0.3, -0.25) is 9.10 Å². The van der Waals surface area contributed by atoms with E-state index in [2.05, 4.69) is 5.32 Å². The average Bonchev–Trinajstić information content (AvgIpc) is 2.44. The number of nitrogens with one attached hydrogen (secondary N) is 1. The van der Waals surface area contributed by atoms with Crippen LogP contribution in [0.4, 0.5) is 5.69 Å². The maximum absolute atomic E-state index is 12.0. The van der Waals surface area contributed by atoms with E-state index in [9.17, 15) is 13.2 Å². The monoisotopic (exact) mass is 328 g/mol. The molecule has 6 nitrogen and oxygen atoms in total. The van der Waals surface area contributed by atoms with E-state index in [1.54, 1.807) is 24.3 Å². The minimum absolute atomic E-state index is 0.0750. The molecule has 0 saturated carbocycles. The first-order valence-corrected chi connectivity index (χ1v) is 9.21. The van der Waals surface area contributed by atoms with Crippen molar-refractivity contribution >= 4 is 21.6 Å². The molecule has 0 unspecified atom stereocenters. The number of rotatable bonds is 9. The predicted octanol–water partition coefficient (Wildman–Crippen LogP) is 1.77. The van der Waals surface area contributed by atoms with Gasteiger partial charge in [-0.25, -0.2) is 8.42 Å². The van der Waals surface area contributed by atoms with Crippen LogP contribution in [0.5, 0.6) is 5.75 Å². The molecule has 1 aromatic carbocycles. The Bertz CT molecular complexity index is 587. The molecule has 0 aliphatic heterocycles. The fraction of sp³-hybridized carbons (Fsp3) is 0.533. The normalized spacial score (nSPS) is 11.0. The van der Waals surface area contributed by atoms with E-state index < -0.39 is 10.0 Å². The number of amides is 1. The number of para-hydroxylation sites is 2. The average molecular weight is 328 g/mol. The number of sulfonamides is 1. The van der Waals surface area contributed by atoms with Crippen LogP contribution < -0.4 is 14.4 Å². The first-order valence-electron chi connectivity index (χ1n) is 7.36. The fourth-order valence-electron chi connectivity index (χ4n) is 2.02. The number of benzene rings is 1. The highest BCUT2D eigenvalue weighted by molar-refractivity contribution is 7.92. The van der Waals surface area contributed by atoms with Gasteiger partial charge in [-0.1, -0.05) is 19.1 Å². The molecule has 22 heavy (non-hydrogen) atoms. The summed E-state index contributed by atoms with van der Waals surface area (Å²) in [6.45, 7) is 4.62. The molecule has 0 aliphatic carbocycles. The summed E-state index contributed by atoms with van der Waals surface area (Å²) in [7, 11) is -3.47. The molecule has 0 heterocycles. The van der Waals surface area contributed by atoms with Gasteiger partial charge in [-0.2, -0.15) is 0 Å². The summed E-state index contributed by atoms with van der Waals surface area (Å²) < 4.78 is 30.8. The van der Waals surface area contributed by atoms with Crippen LogP contribution in [0.1, 0.15) is 26.7 Å². The van der Waals surface area contributed by atoms with Crippen LogP contribution in [0.25, 0.3) is 0 Å². The molecule has 0 aliphatic rings. The van der Waals surface area contributed by atoms with E-state index in [-0.39, 0.29) is 19.0 Å². The summed E-state index contributed by atoms with van der Waals surface area (Å²) in [5.74, 6) is 0.435. The molecular weight excluding hydrogens is 304 g/mol. The molecule has 1 rings (SSSR count). The van der Waals surface area contributed by atoms with Gasteiger partial charge in [0.1, 0.15) is 5.75 Å². The van der Waals surface area contributed by atoms with Crippen LogP contribution in [0.3, 0.4) is 0 Å². The minimum Gasteiger partial charge on any atom is -0.492 e. The van der Waals surface area contributed by atoms with Crippen molar-refractivity contribution in [3.05, 3.63) is 24.3 Å². The Labute approximate surface area is 132 Å². The number of anilines is 1. The van der Waals surface area contributed by atoms with Crippen molar-refractivity contribution in [3.8, 4) is 5.75 Å². The third-order valence-electron chi connectivity index (χ3n) is 2.95. The van der Waals surface area contributed by atoms with E-state index >= 15 is 0 Å². The van der Waals surface area contributed by atoms with E-state index in [1.807, 2.05) is 13.8 Å². The summed E-state index contributed by atoms with van der Waals surface area (Å²) in [6.07, 6.45) is 2.34. The molecule has 1 amide bonds. The van der Waals surface area contributed by atoms with Crippen molar-refractivity contribution in [2.24, 2.45) is 0 Å². The SMILES string of the molecule is CCCC(=O)NCCN(c1ccccc1OCC)S(C)(=O)=O. The number of ether oxygens (including phenoxy) is 1. The van der Waals surface area contributed by atoms with Crippen LogP contribution in [0.2, 0.25) is 0 Å². The third kappa shape index (κ3) is 5.55. The summed E-state index contributed by atoms with van der Waals surface area (Å²) in [4.78, 5) is 11.5. The summed E-state index contributed by atoms with van der Waals surface area (Å²) in [5, 5.41) is 2.72. The molecule has 124 valence electrons. The molecule has 1 aromatic rings. The van der Waals surface area contributed by atoms with E-state index in [0.29, 0.717) is 24.5 Å². The van der Waals surface area contributed by atoms with E-state index in [0.717, 1.165) is 12.7 Å². The Balaban J connectivity index is 2.89. The first-order chi connectivity index (χ1) is 10.4. The van der Waals surface area contributed by atoms with Gasteiger partial charge >= 0.3 is 0 Å². The van der Waals surface area contributed by atoms with E-state index in [4.69, 9.17) is 4.74 Å². The highest BCUT2D eigenvalue weighted by Crippen LogP contribution is 2.29. The van der Waals surface area contributed by atoms with Crippen molar-refractivity contribution in [3.63, 3.8) is 0 Å². The molecule has 1 N–H and O–H groups in total. The Kier molecular flexibility index (Phi) is 7.17. The quantitative estimate of drug-likeness (QED) is 0.749. The maximum atomic E-state index is 12.0. The lowest BCUT2D eigenvalue weighted by Gasteiger charge is -2.24. The molecule has 0 spiro atoms. The van der Waals surface area contributed by atoms with Gasteiger partial charge in [0.2, 0.25) is 15.9 Å². The zero-order chi connectivity index (χ0) is 16.6. The number of carbonyl (C=O) groups excluding carboxylic acids is 1. The van der Waals surface area contributed by atoms with Crippen LogP contribution in [-0.2, 0) is 14.8 Å². The Morgan fingerprint density at radius 3 is 2.55 bits per heavy atom. The summed E-state index contributed by atoms with van der Waals surface area (Å²) >= 11 is 0. The van der Waals surface area contributed by atoms with Gasteiger partial charge in [0.05, 0.1) is 25.1 Å². The molecule has 0 bridgehead atoms. The highest BCUT2D eigenvalue weighted by atomic mass is 32.2. The summed E-state index contributed by atoms with van der Waals surface area (Å²) in [5.41, 5.74) is 0.483. The fourth-order valence-corrected chi connectivity index (χ4v) is 2.95. The summed E-state index contributed by atoms with van der Waals surface area (Å²) in [6, 6.07) is 6.97. The second-order valence-electron chi connectivity index (χ2n) is 4.84. The zero-order valence-electron chi connectivity index (χ0n) is 13.3. The minimum atomic E-state index is -3.47. The Morgan fingerprint density at radius 1 is 1.27 bits per heavy atom. The van der Waals surface area contributed by atoms with Crippen LogP contribution >= 0.6 is 0 Å². The molecular formula is C15H24N2O4S. The van der Waals surface area contributed by atoms with Crippen molar-refractivity contribution in [1.82, 2.24) is 5.32 Å². The number of nitrogens with zero attached hydrogens (tertiary/aromatic N) is 1. The van der Waals surface area contributed by atoms with Gasteiger partial charge in [-0.05, 0) is 25.5 Å². The van der Waals surface area contributed by atoms with Gasteiger partial charge < -0.3 is 10.1 Å². The standard InChI is InChI=1S/C15H24N2O4S/c1-4-8-15(18)16-11-12-17(22(3,19)20)13-9-6-7-10-14(13)21-5-2/h6-7,9-10H,4-5,8,11-12H2,1-3H3,(H,16,18). The Hall–Kier alpha value is -1.76. The lowest BCUT2D eigenvalue weighted by Crippen LogP contribution is -2.38. The second-order valence-corrected chi connectivity index (χ2v) is 6.74. The first kappa shape index (κ1) is 18.3. The second kappa shape index (κ2) is 8.63. The number of hydrogen-bond acceptors (Lipinski definition) is 4. The van der Waals surface area contributed by atoms with Crippen LogP contribution in [-0.4, -0.2) is 40.3 Å². The molecule has 0 atom stereocenters. The van der Waals surface area contributed by atoms with Crippen molar-refractivity contribution in [2.45, 2.75) is 26.7 Å². The van der Waals surface area contributed by atoms with E-state index in [1.165, 1.54) is 4.31 Å². The molecule has 0 saturated heterocycles. The Morgan fingerprint density at radius 2 is 1.95 bits per heavy atom. The maximum Gasteiger partial charge on any atom is 0.232 e. The lowest BCUT2D eigenvalue weighted by molar-refractivity contribution is -0.121. The molecule has 0 fully saturated rings. The highest BCUT2D eigenvalue weighted by Gasteiger charge is 2.20. The lowest BCUT2D eigenvalue weighted by atomic mass is 10.3.